The number of carboxylic acid groups (broad SMARTS) is 1. The maximum atomic E-state index is 11.9. The van der Waals surface area contributed by atoms with Gasteiger partial charge in [-0.25, -0.2) is 8.42 Å². The van der Waals surface area contributed by atoms with Crippen LogP contribution in [0.25, 0.3) is 0 Å². The molecule has 1 saturated carbocycles. The molecule has 0 radical (unpaired) electrons. The Morgan fingerprint density at radius 1 is 1.25 bits per heavy atom. The SMILES string of the molecule is CC(C)(NS(=O)(=O)C1CCCCC1)C(=O)O. The number of carbonyl (C=O) groups is 1. The molecule has 0 unspecified atom stereocenters. The fraction of sp³-hybridized carbons (Fsp3) is 0.900. The van der Waals surface area contributed by atoms with Gasteiger partial charge in [-0.3, -0.25) is 4.79 Å². The average molecular weight is 249 g/mol. The summed E-state index contributed by atoms with van der Waals surface area (Å²) in [5.74, 6) is -1.16. The van der Waals surface area contributed by atoms with Crippen molar-refractivity contribution in [3.8, 4) is 0 Å². The van der Waals surface area contributed by atoms with Gasteiger partial charge in [0.25, 0.3) is 0 Å². The summed E-state index contributed by atoms with van der Waals surface area (Å²) in [7, 11) is -3.52. The van der Waals surface area contributed by atoms with Crippen LogP contribution in [-0.4, -0.2) is 30.3 Å². The van der Waals surface area contributed by atoms with Crippen molar-refractivity contribution in [1.82, 2.24) is 4.72 Å². The molecule has 0 atom stereocenters. The molecule has 0 heterocycles. The molecule has 0 spiro atoms. The van der Waals surface area contributed by atoms with E-state index in [0.717, 1.165) is 19.3 Å². The smallest absolute Gasteiger partial charge is 0.324 e. The fourth-order valence-electron chi connectivity index (χ4n) is 1.86. The molecule has 0 amide bonds. The Morgan fingerprint density at radius 2 is 1.75 bits per heavy atom. The van der Waals surface area contributed by atoms with Crippen LogP contribution in [0.3, 0.4) is 0 Å². The van der Waals surface area contributed by atoms with Crippen molar-refractivity contribution >= 4 is 16.0 Å². The van der Waals surface area contributed by atoms with E-state index < -0.39 is 26.8 Å². The lowest BCUT2D eigenvalue weighted by molar-refractivity contribution is -0.142. The molecule has 5 nitrogen and oxygen atoms in total. The van der Waals surface area contributed by atoms with Crippen molar-refractivity contribution in [3.05, 3.63) is 0 Å². The van der Waals surface area contributed by atoms with Crippen molar-refractivity contribution in [3.63, 3.8) is 0 Å². The Bertz CT molecular complexity index is 355. The normalized spacial score (nSPS) is 19.6. The van der Waals surface area contributed by atoms with Crippen molar-refractivity contribution in [1.29, 1.82) is 0 Å². The molecule has 0 saturated heterocycles. The summed E-state index contributed by atoms with van der Waals surface area (Å²) >= 11 is 0. The highest BCUT2D eigenvalue weighted by molar-refractivity contribution is 7.90. The molecule has 1 aliphatic rings. The quantitative estimate of drug-likeness (QED) is 0.781. The molecule has 1 aliphatic carbocycles. The Morgan fingerprint density at radius 3 is 2.19 bits per heavy atom. The summed E-state index contributed by atoms with van der Waals surface area (Å²) in [5, 5.41) is 8.45. The molecular formula is C10H19NO4S. The van der Waals surface area contributed by atoms with E-state index in [1.54, 1.807) is 0 Å². The van der Waals surface area contributed by atoms with Crippen LogP contribution in [0, 0.1) is 0 Å². The first-order chi connectivity index (χ1) is 7.26. The van der Waals surface area contributed by atoms with Crippen molar-refractivity contribution < 1.29 is 18.3 Å². The molecule has 0 aromatic rings. The van der Waals surface area contributed by atoms with Gasteiger partial charge in [0.2, 0.25) is 10.0 Å². The first kappa shape index (κ1) is 13.4. The highest BCUT2D eigenvalue weighted by Crippen LogP contribution is 2.24. The van der Waals surface area contributed by atoms with Crippen LogP contribution in [0.5, 0.6) is 0 Å². The molecule has 0 aliphatic heterocycles. The van der Waals surface area contributed by atoms with E-state index in [2.05, 4.69) is 4.72 Å². The molecule has 0 aromatic heterocycles. The topological polar surface area (TPSA) is 83.5 Å². The minimum absolute atomic E-state index is 0.431. The zero-order chi connectivity index (χ0) is 12.4. The summed E-state index contributed by atoms with van der Waals surface area (Å²) in [6, 6.07) is 0. The monoisotopic (exact) mass is 249 g/mol. The molecule has 2 N–H and O–H groups in total. The van der Waals surface area contributed by atoms with E-state index in [4.69, 9.17) is 5.11 Å². The molecule has 0 bridgehead atoms. The van der Waals surface area contributed by atoms with Crippen molar-refractivity contribution in [2.45, 2.75) is 56.7 Å². The van der Waals surface area contributed by atoms with Gasteiger partial charge in [0.1, 0.15) is 5.54 Å². The van der Waals surface area contributed by atoms with Gasteiger partial charge in [0.05, 0.1) is 5.25 Å². The predicted molar refractivity (Wildman–Crippen MR) is 60.6 cm³/mol. The first-order valence-corrected chi connectivity index (χ1v) is 7.06. The van der Waals surface area contributed by atoms with E-state index in [1.807, 2.05) is 0 Å². The minimum Gasteiger partial charge on any atom is -0.480 e. The van der Waals surface area contributed by atoms with Crippen LogP contribution in [-0.2, 0) is 14.8 Å². The lowest BCUT2D eigenvalue weighted by Crippen LogP contribution is -2.52. The lowest BCUT2D eigenvalue weighted by atomic mass is 10.0. The van der Waals surface area contributed by atoms with Crippen LogP contribution in [0.4, 0.5) is 0 Å². The van der Waals surface area contributed by atoms with Gasteiger partial charge < -0.3 is 5.11 Å². The number of sulfonamides is 1. The van der Waals surface area contributed by atoms with Crippen LogP contribution in [0.1, 0.15) is 46.0 Å². The Labute approximate surface area is 96.3 Å². The van der Waals surface area contributed by atoms with Gasteiger partial charge >= 0.3 is 5.97 Å². The Hall–Kier alpha value is -0.620. The number of carboxylic acids is 1. The van der Waals surface area contributed by atoms with Crippen LogP contribution in [0.15, 0.2) is 0 Å². The van der Waals surface area contributed by atoms with E-state index in [1.165, 1.54) is 13.8 Å². The lowest BCUT2D eigenvalue weighted by Gasteiger charge is -2.27. The average Bonchev–Trinajstić information content (AvgIpc) is 2.17. The molecule has 6 heteroatoms. The Balaban J connectivity index is 2.74. The third-order valence-corrected chi connectivity index (χ3v) is 5.07. The fourth-order valence-corrected chi connectivity index (χ4v) is 3.78. The van der Waals surface area contributed by atoms with E-state index in [9.17, 15) is 13.2 Å². The first-order valence-electron chi connectivity index (χ1n) is 5.52. The zero-order valence-corrected chi connectivity index (χ0v) is 10.5. The highest BCUT2D eigenvalue weighted by Gasteiger charge is 2.36. The summed E-state index contributed by atoms with van der Waals surface area (Å²) in [6.07, 6.45) is 4.13. The summed E-state index contributed by atoms with van der Waals surface area (Å²) in [5.41, 5.74) is -1.43. The molecule has 16 heavy (non-hydrogen) atoms. The zero-order valence-electron chi connectivity index (χ0n) is 9.69. The van der Waals surface area contributed by atoms with Gasteiger partial charge in [-0.05, 0) is 26.7 Å². The Kier molecular flexibility index (Phi) is 3.96. The third kappa shape index (κ3) is 3.18. The second-order valence-electron chi connectivity index (χ2n) is 4.84. The molecule has 1 rings (SSSR count). The maximum absolute atomic E-state index is 11.9. The maximum Gasteiger partial charge on any atom is 0.324 e. The minimum atomic E-state index is -3.52. The van der Waals surface area contributed by atoms with Gasteiger partial charge in [-0.2, -0.15) is 4.72 Å². The van der Waals surface area contributed by atoms with Gasteiger partial charge in [-0.15, -0.1) is 0 Å². The van der Waals surface area contributed by atoms with Crippen molar-refractivity contribution in [2.24, 2.45) is 0 Å². The standard InChI is InChI=1S/C10H19NO4S/c1-10(2,9(12)13)11-16(14,15)8-6-4-3-5-7-8/h8,11H,3-7H2,1-2H3,(H,12,13). The van der Waals surface area contributed by atoms with Crippen LogP contribution in [0.2, 0.25) is 0 Å². The number of hydrogen-bond donors (Lipinski definition) is 2. The second-order valence-corrected chi connectivity index (χ2v) is 6.80. The van der Waals surface area contributed by atoms with Gasteiger partial charge in [-0.1, -0.05) is 19.3 Å². The summed E-state index contributed by atoms with van der Waals surface area (Å²) in [6.45, 7) is 2.71. The van der Waals surface area contributed by atoms with E-state index >= 15 is 0 Å². The molecule has 94 valence electrons. The molecular weight excluding hydrogens is 230 g/mol. The van der Waals surface area contributed by atoms with E-state index in [0.29, 0.717) is 12.8 Å². The number of aliphatic carboxylic acids is 1. The molecule has 0 aromatic carbocycles. The van der Waals surface area contributed by atoms with Crippen molar-refractivity contribution in [2.75, 3.05) is 0 Å². The number of nitrogens with one attached hydrogen (secondary N) is 1. The van der Waals surface area contributed by atoms with Gasteiger partial charge in [0, 0.05) is 0 Å². The second kappa shape index (κ2) is 4.71. The van der Waals surface area contributed by atoms with Gasteiger partial charge in [0.15, 0.2) is 0 Å². The van der Waals surface area contributed by atoms with Crippen LogP contribution < -0.4 is 4.72 Å². The number of rotatable bonds is 4. The summed E-state index contributed by atoms with van der Waals surface area (Å²) < 4.78 is 26.1. The molecule has 1 fully saturated rings. The highest BCUT2D eigenvalue weighted by atomic mass is 32.2. The largest absolute Gasteiger partial charge is 0.480 e. The van der Waals surface area contributed by atoms with Crippen LogP contribution >= 0.6 is 0 Å². The van der Waals surface area contributed by atoms with E-state index in [-0.39, 0.29) is 0 Å². The third-order valence-electron chi connectivity index (χ3n) is 2.92. The summed E-state index contributed by atoms with van der Waals surface area (Å²) in [4.78, 5) is 10.9. The predicted octanol–water partition coefficient (Wildman–Crippen LogP) is 1.10. The number of hydrogen-bond acceptors (Lipinski definition) is 3.